The SMILES string of the molecule is CN(Cc1cnn(Cc2ccccc2)c1)C(=O)c1cc2ccccc2[nH]1. The number of hydrogen-bond acceptors (Lipinski definition) is 2. The molecule has 2 heterocycles. The van der Waals surface area contributed by atoms with E-state index in [0.717, 1.165) is 23.0 Å². The number of amides is 1. The number of aromatic amines is 1. The average molecular weight is 344 g/mol. The van der Waals surface area contributed by atoms with Gasteiger partial charge >= 0.3 is 0 Å². The number of hydrogen-bond donors (Lipinski definition) is 1. The summed E-state index contributed by atoms with van der Waals surface area (Å²) in [5.74, 6) is -0.0305. The number of H-pyrrole nitrogens is 1. The quantitative estimate of drug-likeness (QED) is 0.600. The van der Waals surface area contributed by atoms with E-state index in [1.54, 1.807) is 4.90 Å². The second kappa shape index (κ2) is 6.88. The number of aromatic nitrogens is 3. The molecule has 0 bridgehead atoms. The number of nitrogens with one attached hydrogen (secondary N) is 1. The molecule has 2 aromatic heterocycles. The van der Waals surface area contributed by atoms with Crippen LogP contribution in [0.5, 0.6) is 0 Å². The Morgan fingerprint density at radius 1 is 1.08 bits per heavy atom. The van der Waals surface area contributed by atoms with E-state index in [0.29, 0.717) is 12.2 Å². The molecule has 2 aromatic carbocycles. The second-order valence-corrected chi connectivity index (χ2v) is 6.46. The van der Waals surface area contributed by atoms with E-state index < -0.39 is 0 Å². The van der Waals surface area contributed by atoms with E-state index >= 15 is 0 Å². The molecule has 26 heavy (non-hydrogen) atoms. The van der Waals surface area contributed by atoms with E-state index in [1.807, 2.05) is 72.7 Å². The first kappa shape index (κ1) is 16.1. The molecule has 5 nitrogen and oxygen atoms in total. The molecule has 0 saturated carbocycles. The number of nitrogens with zero attached hydrogens (tertiary/aromatic N) is 3. The lowest BCUT2D eigenvalue weighted by molar-refractivity contribution is 0.0780. The minimum Gasteiger partial charge on any atom is -0.351 e. The number of carbonyl (C=O) groups is 1. The fraction of sp³-hybridized carbons (Fsp3) is 0.143. The van der Waals surface area contributed by atoms with Crippen molar-refractivity contribution in [3.8, 4) is 0 Å². The lowest BCUT2D eigenvalue weighted by Gasteiger charge is -2.15. The zero-order valence-corrected chi connectivity index (χ0v) is 14.6. The Balaban J connectivity index is 1.44. The van der Waals surface area contributed by atoms with Gasteiger partial charge in [0.15, 0.2) is 0 Å². The van der Waals surface area contributed by atoms with Crippen molar-refractivity contribution in [2.24, 2.45) is 0 Å². The molecular weight excluding hydrogens is 324 g/mol. The van der Waals surface area contributed by atoms with E-state index in [2.05, 4.69) is 22.2 Å². The Hall–Kier alpha value is -3.34. The first-order valence-electron chi connectivity index (χ1n) is 8.57. The number of fused-ring (bicyclic) bond motifs is 1. The van der Waals surface area contributed by atoms with Crippen LogP contribution in [0.3, 0.4) is 0 Å². The maximum atomic E-state index is 12.7. The first-order chi connectivity index (χ1) is 12.7. The van der Waals surface area contributed by atoms with Gasteiger partial charge in [0.05, 0.1) is 12.7 Å². The lowest BCUT2D eigenvalue weighted by atomic mass is 10.2. The summed E-state index contributed by atoms with van der Waals surface area (Å²) < 4.78 is 1.89. The van der Waals surface area contributed by atoms with Crippen molar-refractivity contribution in [2.75, 3.05) is 7.05 Å². The number of rotatable bonds is 5. The highest BCUT2D eigenvalue weighted by Gasteiger charge is 2.15. The Morgan fingerprint density at radius 3 is 2.65 bits per heavy atom. The maximum absolute atomic E-state index is 12.7. The molecule has 1 amide bonds. The van der Waals surface area contributed by atoms with Crippen molar-refractivity contribution >= 4 is 16.8 Å². The Labute approximate surface area is 151 Å². The Bertz CT molecular complexity index is 999. The van der Waals surface area contributed by atoms with E-state index in [9.17, 15) is 4.79 Å². The van der Waals surface area contributed by atoms with Gasteiger partial charge in [0, 0.05) is 36.3 Å². The highest BCUT2D eigenvalue weighted by molar-refractivity contribution is 5.97. The van der Waals surface area contributed by atoms with Crippen LogP contribution in [0.4, 0.5) is 0 Å². The molecule has 130 valence electrons. The van der Waals surface area contributed by atoms with Crippen molar-refractivity contribution in [3.63, 3.8) is 0 Å². The number of carbonyl (C=O) groups excluding carboxylic acids is 1. The minimum absolute atomic E-state index is 0.0305. The van der Waals surface area contributed by atoms with Gasteiger partial charge in [-0.05, 0) is 17.7 Å². The van der Waals surface area contributed by atoms with Gasteiger partial charge in [-0.1, -0.05) is 48.5 Å². The fourth-order valence-electron chi connectivity index (χ4n) is 3.08. The molecule has 4 aromatic rings. The third-order valence-electron chi connectivity index (χ3n) is 4.40. The second-order valence-electron chi connectivity index (χ2n) is 6.46. The number of para-hydroxylation sites is 1. The molecule has 0 aliphatic carbocycles. The zero-order valence-electron chi connectivity index (χ0n) is 14.6. The van der Waals surface area contributed by atoms with Gasteiger partial charge in [0.2, 0.25) is 0 Å². The maximum Gasteiger partial charge on any atom is 0.270 e. The summed E-state index contributed by atoms with van der Waals surface area (Å²) in [4.78, 5) is 17.6. The topological polar surface area (TPSA) is 53.9 Å². The molecule has 5 heteroatoms. The molecule has 1 N–H and O–H groups in total. The predicted octanol–water partition coefficient (Wildman–Crippen LogP) is 3.68. The molecule has 0 fully saturated rings. The van der Waals surface area contributed by atoms with E-state index in [-0.39, 0.29) is 5.91 Å². The molecule has 0 radical (unpaired) electrons. The summed E-state index contributed by atoms with van der Waals surface area (Å²) in [6.07, 6.45) is 3.81. The summed E-state index contributed by atoms with van der Waals surface area (Å²) in [5.41, 5.74) is 3.78. The number of benzene rings is 2. The van der Waals surface area contributed by atoms with Gasteiger partial charge in [-0.15, -0.1) is 0 Å². The third kappa shape index (κ3) is 3.37. The van der Waals surface area contributed by atoms with Crippen molar-refractivity contribution in [1.82, 2.24) is 19.7 Å². The summed E-state index contributed by atoms with van der Waals surface area (Å²) in [7, 11) is 1.81. The highest BCUT2D eigenvalue weighted by atomic mass is 16.2. The van der Waals surface area contributed by atoms with Gasteiger partial charge in [-0.3, -0.25) is 9.48 Å². The standard InChI is InChI=1S/C21H20N4O/c1-24(21(26)20-11-18-9-5-6-10-19(18)23-20)13-17-12-22-25(15-17)14-16-7-3-2-4-8-16/h2-12,15,23H,13-14H2,1H3. The van der Waals surface area contributed by atoms with Crippen LogP contribution in [0, 0.1) is 0 Å². The van der Waals surface area contributed by atoms with Crippen LogP contribution in [0.25, 0.3) is 10.9 Å². The van der Waals surface area contributed by atoms with Crippen LogP contribution >= 0.6 is 0 Å². The molecule has 0 aliphatic rings. The molecule has 0 atom stereocenters. The molecule has 0 spiro atoms. The monoisotopic (exact) mass is 344 g/mol. The molecular formula is C21H20N4O. The lowest BCUT2D eigenvalue weighted by Crippen LogP contribution is -2.26. The van der Waals surface area contributed by atoms with Crippen LogP contribution in [-0.4, -0.2) is 32.6 Å². The summed E-state index contributed by atoms with van der Waals surface area (Å²) in [5, 5.41) is 5.44. The van der Waals surface area contributed by atoms with Crippen molar-refractivity contribution < 1.29 is 4.79 Å². The van der Waals surface area contributed by atoms with E-state index in [1.165, 1.54) is 5.56 Å². The fourth-order valence-corrected chi connectivity index (χ4v) is 3.08. The third-order valence-corrected chi connectivity index (χ3v) is 4.40. The minimum atomic E-state index is -0.0305. The zero-order chi connectivity index (χ0) is 17.9. The van der Waals surface area contributed by atoms with Gasteiger partial charge in [0.25, 0.3) is 5.91 Å². The van der Waals surface area contributed by atoms with Crippen LogP contribution in [0.1, 0.15) is 21.6 Å². The van der Waals surface area contributed by atoms with Crippen molar-refractivity contribution in [3.05, 3.63) is 89.9 Å². The molecule has 0 unspecified atom stereocenters. The van der Waals surface area contributed by atoms with Gasteiger partial charge in [-0.25, -0.2) is 0 Å². The van der Waals surface area contributed by atoms with Crippen molar-refractivity contribution in [1.29, 1.82) is 0 Å². The average Bonchev–Trinajstić information content (AvgIpc) is 3.28. The van der Waals surface area contributed by atoms with Gasteiger partial charge in [-0.2, -0.15) is 5.10 Å². The molecule has 0 saturated heterocycles. The predicted molar refractivity (Wildman–Crippen MR) is 102 cm³/mol. The normalized spacial score (nSPS) is 11.0. The van der Waals surface area contributed by atoms with Crippen LogP contribution in [0.2, 0.25) is 0 Å². The largest absolute Gasteiger partial charge is 0.351 e. The summed E-state index contributed by atoms with van der Waals surface area (Å²) in [6, 6.07) is 20.0. The van der Waals surface area contributed by atoms with Crippen molar-refractivity contribution in [2.45, 2.75) is 13.1 Å². The van der Waals surface area contributed by atoms with E-state index in [4.69, 9.17) is 0 Å². The molecule has 0 aliphatic heterocycles. The summed E-state index contributed by atoms with van der Waals surface area (Å²) in [6.45, 7) is 1.24. The Morgan fingerprint density at radius 2 is 1.85 bits per heavy atom. The van der Waals surface area contributed by atoms with Crippen LogP contribution in [0.15, 0.2) is 73.1 Å². The summed E-state index contributed by atoms with van der Waals surface area (Å²) >= 11 is 0. The highest BCUT2D eigenvalue weighted by Crippen LogP contribution is 2.16. The Kier molecular flexibility index (Phi) is 4.27. The smallest absolute Gasteiger partial charge is 0.270 e. The first-order valence-corrected chi connectivity index (χ1v) is 8.57. The van der Waals surface area contributed by atoms with Gasteiger partial charge < -0.3 is 9.88 Å². The van der Waals surface area contributed by atoms with Crippen LogP contribution in [-0.2, 0) is 13.1 Å². The molecule has 4 rings (SSSR count). The van der Waals surface area contributed by atoms with Gasteiger partial charge in [0.1, 0.15) is 5.69 Å². The van der Waals surface area contributed by atoms with Crippen LogP contribution < -0.4 is 0 Å².